The Morgan fingerprint density at radius 1 is 0.922 bits per heavy atom. The number of nitrogens with one attached hydrogen (secondary N) is 2. The van der Waals surface area contributed by atoms with Gasteiger partial charge < -0.3 is 20.3 Å². The summed E-state index contributed by atoms with van der Waals surface area (Å²) in [7, 11) is -6.95. The van der Waals surface area contributed by atoms with E-state index in [2.05, 4.69) is 20.5 Å². The van der Waals surface area contributed by atoms with Crippen molar-refractivity contribution < 1.29 is 21.6 Å². The largest absolute Gasteiger partial charge is 0.381 e. The van der Waals surface area contributed by atoms with Gasteiger partial charge in [-0.1, -0.05) is 17.7 Å². The van der Waals surface area contributed by atoms with E-state index in [1.165, 1.54) is 10.6 Å². The van der Waals surface area contributed by atoms with Crippen molar-refractivity contribution in [3.63, 3.8) is 0 Å². The number of sulfone groups is 1. The maximum absolute atomic E-state index is 14.5. The summed E-state index contributed by atoms with van der Waals surface area (Å²) in [5, 5.41) is 7.30. The van der Waals surface area contributed by atoms with E-state index in [-0.39, 0.29) is 35.5 Å². The van der Waals surface area contributed by atoms with Crippen molar-refractivity contribution in [3.8, 4) is 11.1 Å². The Bertz CT molecular complexity index is 2230. The van der Waals surface area contributed by atoms with E-state index in [4.69, 9.17) is 21.3 Å². The SMILES string of the molecule is Cc1cc(S(=O)(=O)C2CCOCC2)ccc1-c1cc2cnc(Nc3ccc(N4CCNCC4)c(Cl)c3)nc2n(C2CCN(S(C)(=O)=O)CC2)c1=O. The molecule has 0 amide bonds. The summed E-state index contributed by atoms with van der Waals surface area (Å²) in [6.45, 7) is 6.68. The summed E-state index contributed by atoms with van der Waals surface area (Å²) < 4.78 is 60.0. The molecule has 3 fully saturated rings. The summed E-state index contributed by atoms with van der Waals surface area (Å²) in [5.41, 5.74) is 3.41. The molecule has 0 spiro atoms. The second-order valence-electron chi connectivity index (χ2n) is 13.5. The number of piperidine rings is 1. The molecule has 7 rings (SSSR count). The first-order valence-corrected chi connectivity index (χ1v) is 21.0. The van der Waals surface area contributed by atoms with Crippen LogP contribution in [0.2, 0.25) is 5.02 Å². The minimum atomic E-state index is -3.57. The topological polar surface area (TPSA) is 156 Å². The summed E-state index contributed by atoms with van der Waals surface area (Å²) in [5.74, 6) is 0.279. The van der Waals surface area contributed by atoms with Crippen LogP contribution in [0.25, 0.3) is 22.2 Å². The minimum Gasteiger partial charge on any atom is -0.381 e. The summed E-state index contributed by atoms with van der Waals surface area (Å²) in [6.07, 6.45) is 4.58. The van der Waals surface area contributed by atoms with Gasteiger partial charge in [-0.25, -0.2) is 26.1 Å². The fraction of sp³-hybridized carbons (Fsp3) is 0.457. The monoisotopic (exact) mass is 755 g/mol. The van der Waals surface area contributed by atoms with Gasteiger partial charge in [-0.2, -0.15) is 4.98 Å². The van der Waals surface area contributed by atoms with Crippen LogP contribution in [0.15, 0.2) is 58.4 Å². The molecule has 0 radical (unpaired) electrons. The third kappa shape index (κ3) is 7.37. The number of aryl methyl sites for hydroxylation is 1. The lowest BCUT2D eigenvalue weighted by Crippen LogP contribution is -2.43. The van der Waals surface area contributed by atoms with Crippen molar-refractivity contribution in [2.75, 3.05) is 69.0 Å². The van der Waals surface area contributed by atoms with Crippen molar-refractivity contribution in [1.82, 2.24) is 24.2 Å². The van der Waals surface area contributed by atoms with Crippen molar-refractivity contribution in [2.45, 2.75) is 48.8 Å². The van der Waals surface area contributed by atoms with Crippen LogP contribution in [0.1, 0.15) is 37.3 Å². The Kier molecular flexibility index (Phi) is 10.1. The number of rotatable bonds is 8. The molecule has 0 unspecified atom stereocenters. The maximum Gasteiger partial charge on any atom is 0.260 e. The third-order valence-corrected chi connectivity index (χ3v) is 14.0. The maximum atomic E-state index is 14.5. The summed E-state index contributed by atoms with van der Waals surface area (Å²) >= 11 is 6.70. The molecule has 13 nitrogen and oxygen atoms in total. The lowest BCUT2D eigenvalue weighted by atomic mass is 9.99. The predicted octanol–water partition coefficient (Wildman–Crippen LogP) is 4.12. The summed E-state index contributed by atoms with van der Waals surface area (Å²) in [6, 6.07) is 12.1. The minimum absolute atomic E-state index is 0.227. The fourth-order valence-corrected chi connectivity index (χ4v) is 10.3. The molecular weight excluding hydrogens is 714 g/mol. The highest BCUT2D eigenvalue weighted by molar-refractivity contribution is 7.92. The number of pyridine rings is 1. The molecule has 2 aromatic heterocycles. The number of hydrogen-bond acceptors (Lipinski definition) is 11. The molecule has 0 atom stereocenters. The van der Waals surface area contributed by atoms with Gasteiger partial charge in [0.1, 0.15) is 5.65 Å². The number of ether oxygens (including phenoxy) is 1. The summed E-state index contributed by atoms with van der Waals surface area (Å²) in [4.78, 5) is 26.4. The standard InChI is InChI=1S/C35H42ClN7O6S2/c1-23-19-28(51(47,48)27-9-17-49-18-10-27)4-5-29(23)30-20-24-22-38-35(39-25-3-6-32(31(36)21-25)41-15-11-37-12-16-41)40-33(24)43(34(30)44)26-7-13-42(14-8-26)50(2,45)46/h3-6,19-22,26-27,37H,7-18H2,1-2H3,(H,38,39,40). The van der Waals surface area contributed by atoms with E-state index in [9.17, 15) is 21.6 Å². The first-order chi connectivity index (χ1) is 24.4. The van der Waals surface area contributed by atoms with Gasteiger partial charge in [0.25, 0.3) is 5.56 Å². The smallest absolute Gasteiger partial charge is 0.260 e. The normalized spacial score (nSPS) is 18.7. The number of benzene rings is 2. The van der Waals surface area contributed by atoms with E-state index in [1.54, 1.807) is 42.0 Å². The first-order valence-electron chi connectivity index (χ1n) is 17.2. The van der Waals surface area contributed by atoms with E-state index in [1.807, 2.05) is 18.2 Å². The molecule has 272 valence electrons. The van der Waals surface area contributed by atoms with Gasteiger partial charge >= 0.3 is 0 Å². The van der Waals surface area contributed by atoms with Crippen LogP contribution in [-0.4, -0.2) is 99.7 Å². The lowest BCUT2D eigenvalue weighted by molar-refractivity contribution is 0.0983. The van der Waals surface area contributed by atoms with Crippen molar-refractivity contribution in [2.24, 2.45) is 0 Å². The highest BCUT2D eigenvalue weighted by Crippen LogP contribution is 2.33. The van der Waals surface area contributed by atoms with Gasteiger partial charge in [0.2, 0.25) is 16.0 Å². The van der Waals surface area contributed by atoms with E-state index < -0.39 is 25.1 Å². The highest BCUT2D eigenvalue weighted by Gasteiger charge is 2.31. The Balaban J connectivity index is 1.26. The van der Waals surface area contributed by atoms with E-state index in [0.717, 1.165) is 31.9 Å². The van der Waals surface area contributed by atoms with Crippen LogP contribution in [0.4, 0.5) is 17.3 Å². The Hall–Kier alpha value is -3.60. The van der Waals surface area contributed by atoms with E-state index in [0.29, 0.717) is 77.3 Å². The first kappa shape index (κ1) is 35.8. The number of hydrogen-bond donors (Lipinski definition) is 2. The quantitative estimate of drug-likeness (QED) is 0.267. The number of halogens is 1. The van der Waals surface area contributed by atoms with Crippen LogP contribution in [-0.2, 0) is 24.6 Å². The number of aromatic nitrogens is 3. The van der Waals surface area contributed by atoms with Crippen molar-refractivity contribution in [3.05, 3.63) is 69.6 Å². The van der Waals surface area contributed by atoms with Gasteiger partial charge in [-0.3, -0.25) is 9.36 Å². The number of anilines is 3. The molecule has 0 bridgehead atoms. The van der Waals surface area contributed by atoms with Crippen LogP contribution < -0.4 is 21.1 Å². The molecule has 0 saturated carbocycles. The molecule has 3 aliphatic heterocycles. The molecule has 3 aliphatic rings. The molecule has 0 aliphatic carbocycles. The van der Waals surface area contributed by atoms with Gasteiger partial charge in [0, 0.05) is 81.4 Å². The zero-order chi connectivity index (χ0) is 35.9. The second-order valence-corrected chi connectivity index (χ2v) is 18.1. The zero-order valence-corrected chi connectivity index (χ0v) is 31.0. The molecule has 3 saturated heterocycles. The molecule has 16 heteroatoms. The molecule has 5 heterocycles. The zero-order valence-electron chi connectivity index (χ0n) is 28.6. The van der Waals surface area contributed by atoms with Crippen LogP contribution in [0.3, 0.4) is 0 Å². The van der Waals surface area contributed by atoms with E-state index >= 15 is 0 Å². The third-order valence-electron chi connectivity index (χ3n) is 10.1. The Morgan fingerprint density at radius 3 is 2.31 bits per heavy atom. The predicted molar refractivity (Wildman–Crippen MR) is 200 cm³/mol. The van der Waals surface area contributed by atoms with Crippen molar-refractivity contribution >= 4 is 59.8 Å². The van der Waals surface area contributed by atoms with Gasteiger partial charge in [-0.05, 0) is 80.1 Å². The second kappa shape index (κ2) is 14.4. The van der Waals surface area contributed by atoms with Crippen LogP contribution in [0, 0.1) is 6.92 Å². The molecular formula is C35H42ClN7O6S2. The highest BCUT2D eigenvalue weighted by atomic mass is 35.5. The van der Waals surface area contributed by atoms with Crippen LogP contribution >= 0.6 is 11.6 Å². The van der Waals surface area contributed by atoms with Gasteiger partial charge in [0.15, 0.2) is 9.84 Å². The molecule has 2 N–H and O–H groups in total. The Morgan fingerprint density at radius 2 is 1.65 bits per heavy atom. The van der Waals surface area contributed by atoms with Gasteiger partial charge in [0.05, 0.1) is 27.1 Å². The lowest BCUT2D eigenvalue weighted by Gasteiger charge is -2.32. The molecule has 2 aromatic carbocycles. The number of sulfonamides is 1. The average Bonchev–Trinajstić information content (AvgIpc) is 3.12. The number of nitrogens with zero attached hydrogens (tertiary/aromatic N) is 5. The van der Waals surface area contributed by atoms with Crippen molar-refractivity contribution in [1.29, 1.82) is 0 Å². The number of fused-ring (bicyclic) bond motifs is 1. The average molecular weight is 756 g/mol. The Labute approximate surface area is 303 Å². The molecule has 4 aromatic rings. The fourth-order valence-electron chi connectivity index (χ4n) is 7.31. The molecule has 51 heavy (non-hydrogen) atoms. The number of piperazine rings is 1. The van der Waals surface area contributed by atoms with Gasteiger partial charge in [-0.15, -0.1) is 0 Å². The van der Waals surface area contributed by atoms with Crippen LogP contribution in [0.5, 0.6) is 0 Å².